The first-order valence-electron chi connectivity index (χ1n) is 9.43. The van der Waals surface area contributed by atoms with Gasteiger partial charge in [-0.25, -0.2) is 0 Å². The fourth-order valence-corrected chi connectivity index (χ4v) is 5.62. The van der Waals surface area contributed by atoms with Gasteiger partial charge < -0.3 is 9.61 Å². The molecule has 3 heteroatoms. The van der Waals surface area contributed by atoms with Crippen LogP contribution >= 0.6 is 8.30 Å². The summed E-state index contributed by atoms with van der Waals surface area (Å²) in [6.45, 7) is 4.42. The number of fused-ring (bicyclic) bond motifs is 1. The largest absolute Gasteiger partial charge is 0.452 e. The second-order valence-corrected chi connectivity index (χ2v) is 8.76. The molecule has 1 aliphatic carbocycles. The van der Waals surface area contributed by atoms with Gasteiger partial charge in [0.05, 0.1) is 0 Å². The highest BCUT2D eigenvalue weighted by atomic mass is 31.2. The molecule has 0 radical (unpaired) electrons. The first-order chi connectivity index (χ1) is 13.2. The van der Waals surface area contributed by atoms with E-state index < -0.39 is 8.30 Å². The summed E-state index contributed by atoms with van der Waals surface area (Å²) in [5.41, 5.74) is 6.28. The maximum absolute atomic E-state index is 6.36. The molecule has 4 rings (SSSR count). The summed E-state index contributed by atoms with van der Waals surface area (Å²) in [5.74, 6) is 4.20. The molecule has 0 spiro atoms. The van der Waals surface area contributed by atoms with Gasteiger partial charge in [-0.2, -0.15) is 0 Å². The standard InChI is InChI=1S/C24H24NOP/c1-4-24-18(3)20-13-8-10-16-23(20)26-27(24)25-22-15-9-7-14-21(22)19-12-6-5-11-17(19)2/h1,6-10,12-16,18,24-25H,5,11H2,2-3H3. The van der Waals surface area contributed by atoms with Crippen LogP contribution in [0.5, 0.6) is 5.75 Å². The molecule has 136 valence electrons. The third-order valence-corrected chi connectivity index (χ3v) is 7.34. The summed E-state index contributed by atoms with van der Waals surface area (Å²) in [4.78, 5) is 0. The van der Waals surface area contributed by atoms with E-state index in [9.17, 15) is 0 Å². The van der Waals surface area contributed by atoms with Crippen LogP contribution in [0.3, 0.4) is 0 Å². The highest BCUT2D eigenvalue weighted by molar-refractivity contribution is 7.55. The minimum atomic E-state index is -1.02. The van der Waals surface area contributed by atoms with E-state index in [4.69, 9.17) is 10.9 Å². The van der Waals surface area contributed by atoms with Crippen molar-refractivity contribution in [1.29, 1.82) is 0 Å². The smallest absolute Gasteiger partial charge is 0.205 e. The lowest BCUT2D eigenvalue weighted by Crippen LogP contribution is -2.24. The Kier molecular flexibility index (Phi) is 5.06. The fraction of sp³-hybridized carbons (Fsp3) is 0.250. The average Bonchev–Trinajstić information content (AvgIpc) is 2.69. The summed E-state index contributed by atoms with van der Waals surface area (Å²) in [6.07, 6.45) is 12.7. The zero-order valence-electron chi connectivity index (χ0n) is 15.8. The summed E-state index contributed by atoms with van der Waals surface area (Å²) in [6, 6.07) is 16.7. The Bertz CT molecular complexity index is 953. The van der Waals surface area contributed by atoms with Gasteiger partial charge in [0.2, 0.25) is 8.30 Å². The molecule has 2 aromatic carbocycles. The number of anilines is 1. The molecule has 0 aromatic heterocycles. The number of benzene rings is 2. The van der Waals surface area contributed by atoms with Crippen LogP contribution in [0.4, 0.5) is 5.69 Å². The Balaban J connectivity index is 1.69. The third-order valence-electron chi connectivity index (χ3n) is 5.38. The third kappa shape index (κ3) is 3.41. The molecule has 2 nitrogen and oxygen atoms in total. The van der Waals surface area contributed by atoms with Crippen LogP contribution in [0.15, 0.2) is 66.3 Å². The van der Waals surface area contributed by atoms with E-state index in [0.29, 0.717) is 0 Å². The molecule has 0 fully saturated rings. The normalized spacial score (nSPS) is 24.0. The molecule has 3 unspecified atom stereocenters. The molecule has 1 aliphatic heterocycles. The van der Waals surface area contributed by atoms with Gasteiger partial charge >= 0.3 is 0 Å². The van der Waals surface area contributed by atoms with Crippen LogP contribution in [0.1, 0.15) is 43.7 Å². The van der Waals surface area contributed by atoms with Crippen LogP contribution in [-0.4, -0.2) is 5.66 Å². The number of para-hydroxylation sites is 2. The predicted octanol–water partition coefficient (Wildman–Crippen LogP) is 6.73. The molecule has 1 N–H and O–H groups in total. The molecule has 3 atom stereocenters. The van der Waals surface area contributed by atoms with Crippen molar-refractivity contribution in [2.24, 2.45) is 0 Å². The van der Waals surface area contributed by atoms with Crippen molar-refractivity contribution in [3.8, 4) is 18.1 Å². The Morgan fingerprint density at radius 1 is 1.15 bits per heavy atom. The molecule has 2 aliphatic rings. The summed E-state index contributed by atoms with van der Waals surface area (Å²) < 4.78 is 6.36. The van der Waals surface area contributed by atoms with Crippen molar-refractivity contribution in [2.75, 3.05) is 5.09 Å². The zero-order valence-corrected chi connectivity index (χ0v) is 16.7. The SMILES string of the molecule is C#CC1C(C)c2ccccc2OP1Nc1ccccc1C1=C(C)CCC=C1. The lowest BCUT2D eigenvalue weighted by Gasteiger charge is -2.35. The molecule has 27 heavy (non-hydrogen) atoms. The highest BCUT2D eigenvalue weighted by Crippen LogP contribution is 2.55. The topological polar surface area (TPSA) is 21.3 Å². The van der Waals surface area contributed by atoms with E-state index in [2.05, 4.69) is 67.3 Å². The van der Waals surface area contributed by atoms with Gasteiger partial charge in [0.1, 0.15) is 11.4 Å². The minimum absolute atomic E-state index is 0.0277. The number of hydrogen-bond acceptors (Lipinski definition) is 2. The molecule has 0 saturated heterocycles. The lowest BCUT2D eigenvalue weighted by atomic mass is 9.92. The minimum Gasteiger partial charge on any atom is -0.452 e. The number of hydrogen-bond donors (Lipinski definition) is 1. The molecule has 1 heterocycles. The molecule has 0 saturated carbocycles. The number of allylic oxidation sites excluding steroid dienone is 4. The van der Waals surface area contributed by atoms with Crippen LogP contribution in [0, 0.1) is 12.3 Å². The number of terminal acetylenes is 1. The molecular weight excluding hydrogens is 349 g/mol. The molecule has 0 amide bonds. The predicted molar refractivity (Wildman–Crippen MR) is 116 cm³/mol. The summed E-state index contributed by atoms with van der Waals surface area (Å²) >= 11 is 0. The molecule has 2 aromatic rings. The van der Waals surface area contributed by atoms with Crippen LogP contribution in [-0.2, 0) is 0 Å². The van der Waals surface area contributed by atoms with E-state index >= 15 is 0 Å². The van der Waals surface area contributed by atoms with Gasteiger partial charge in [0.15, 0.2) is 0 Å². The van der Waals surface area contributed by atoms with E-state index in [0.717, 1.165) is 24.3 Å². The number of rotatable bonds is 3. The molecular formula is C24H24NOP. The quantitative estimate of drug-likeness (QED) is 0.476. The lowest BCUT2D eigenvalue weighted by molar-refractivity contribution is 0.553. The van der Waals surface area contributed by atoms with E-state index in [1.54, 1.807) is 0 Å². The van der Waals surface area contributed by atoms with E-state index in [-0.39, 0.29) is 11.6 Å². The Labute approximate surface area is 163 Å². The molecule has 0 bridgehead atoms. The van der Waals surface area contributed by atoms with Gasteiger partial charge in [-0.1, -0.05) is 67.0 Å². The van der Waals surface area contributed by atoms with Gasteiger partial charge in [0.25, 0.3) is 0 Å². The van der Waals surface area contributed by atoms with Crippen molar-refractivity contribution in [3.05, 3.63) is 77.4 Å². The van der Waals surface area contributed by atoms with Crippen molar-refractivity contribution >= 4 is 19.6 Å². The van der Waals surface area contributed by atoms with Crippen LogP contribution in [0.25, 0.3) is 5.57 Å². The summed E-state index contributed by atoms with van der Waals surface area (Å²) in [7, 11) is -1.02. The van der Waals surface area contributed by atoms with Crippen molar-refractivity contribution in [2.45, 2.75) is 38.3 Å². The van der Waals surface area contributed by atoms with Crippen LogP contribution in [0.2, 0.25) is 0 Å². The fourth-order valence-electron chi connectivity index (χ4n) is 3.81. The number of nitrogens with one attached hydrogen (secondary N) is 1. The Morgan fingerprint density at radius 3 is 2.74 bits per heavy atom. The average molecular weight is 373 g/mol. The van der Waals surface area contributed by atoms with Crippen LogP contribution < -0.4 is 9.61 Å². The van der Waals surface area contributed by atoms with E-state index in [1.165, 1.54) is 22.3 Å². The highest BCUT2D eigenvalue weighted by Gasteiger charge is 2.36. The monoisotopic (exact) mass is 373 g/mol. The van der Waals surface area contributed by atoms with E-state index in [1.807, 2.05) is 18.2 Å². The van der Waals surface area contributed by atoms with Crippen molar-refractivity contribution < 1.29 is 4.52 Å². The van der Waals surface area contributed by atoms with Gasteiger partial charge in [-0.3, -0.25) is 0 Å². The zero-order chi connectivity index (χ0) is 18.8. The Morgan fingerprint density at radius 2 is 1.93 bits per heavy atom. The summed E-state index contributed by atoms with van der Waals surface area (Å²) in [5, 5.41) is 3.67. The Hall–Kier alpha value is -2.49. The van der Waals surface area contributed by atoms with Crippen molar-refractivity contribution in [1.82, 2.24) is 0 Å². The first kappa shape index (κ1) is 17.9. The maximum atomic E-state index is 6.36. The first-order valence-corrected chi connectivity index (χ1v) is 10.8. The van der Waals surface area contributed by atoms with Gasteiger partial charge in [0, 0.05) is 17.2 Å². The maximum Gasteiger partial charge on any atom is 0.205 e. The van der Waals surface area contributed by atoms with Gasteiger partial charge in [-0.15, -0.1) is 6.42 Å². The van der Waals surface area contributed by atoms with Crippen molar-refractivity contribution in [3.63, 3.8) is 0 Å². The second-order valence-electron chi connectivity index (χ2n) is 7.15. The van der Waals surface area contributed by atoms with Gasteiger partial charge in [-0.05, 0) is 43.0 Å². The second kappa shape index (κ2) is 7.63.